The van der Waals surface area contributed by atoms with Gasteiger partial charge in [-0.05, 0) is 0 Å². The molecule has 2 aliphatic heterocycles. The maximum absolute atomic E-state index is 12.2. The zero-order valence-corrected chi connectivity index (χ0v) is 12.0. The minimum atomic E-state index is -0.438. The van der Waals surface area contributed by atoms with E-state index in [1.807, 2.05) is 0 Å². The number of nitrogens with zero attached hydrogens (tertiary/aromatic N) is 2. The number of ether oxygens (including phenoxy) is 1. The smallest absolute Gasteiger partial charge is 0.275 e. The van der Waals surface area contributed by atoms with Gasteiger partial charge in [0.1, 0.15) is 11.5 Å². The molecule has 3 heterocycles. The third-order valence-corrected chi connectivity index (χ3v) is 3.58. The standard InChI is InChI=1S/C13H17N5O4/c19-9(18-3-5-22-6-4-18)7-8-16-11-10(13(21)17-8)14-1-2-15-12(11)20/h14H,1-7H2,(H,15,20)(H,16,17,21). The van der Waals surface area contributed by atoms with E-state index in [1.54, 1.807) is 4.90 Å². The minimum Gasteiger partial charge on any atom is -0.378 e. The summed E-state index contributed by atoms with van der Waals surface area (Å²) in [6, 6.07) is 0. The van der Waals surface area contributed by atoms with Crippen molar-refractivity contribution in [2.24, 2.45) is 0 Å². The Bertz CT molecular complexity index is 650. The van der Waals surface area contributed by atoms with Gasteiger partial charge in [0.15, 0.2) is 5.69 Å². The second-order valence-electron chi connectivity index (χ2n) is 5.09. The average molecular weight is 307 g/mol. The molecule has 1 aromatic rings. The Morgan fingerprint density at radius 3 is 2.68 bits per heavy atom. The second kappa shape index (κ2) is 6.14. The average Bonchev–Trinajstić information content (AvgIpc) is 2.71. The third-order valence-electron chi connectivity index (χ3n) is 3.58. The number of hydrogen-bond donors (Lipinski definition) is 3. The predicted molar refractivity (Wildman–Crippen MR) is 76.8 cm³/mol. The zero-order chi connectivity index (χ0) is 15.5. The number of H-pyrrole nitrogens is 1. The topological polar surface area (TPSA) is 116 Å². The molecule has 2 aliphatic rings. The van der Waals surface area contributed by atoms with Crippen LogP contribution in [0.15, 0.2) is 4.79 Å². The van der Waals surface area contributed by atoms with Crippen LogP contribution in [0.1, 0.15) is 16.3 Å². The van der Waals surface area contributed by atoms with Crippen molar-refractivity contribution in [3.8, 4) is 0 Å². The summed E-state index contributed by atoms with van der Waals surface area (Å²) < 4.78 is 5.19. The number of aromatic nitrogens is 2. The molecule has 0 spiro atoms. The van der Waals surface area contributed by atoms with Crippen LogP contribution in [0.5, 0.6) is 0 Å². The summed E-state index contributed by atoms with van der Waals surface area (Å²) in [7, 11) is 0. The number of amides is 2. The zero-order valence-electron chi connectivity index (χ0n) is 12.0. The highest BCUT2D eigenvalue weighted by Gasteiger charge is 2.23. The summed E-state index contributed by atoms with van der Waals surface area (Å²) in [6.07, 6.45) is -0.0458. The van der Waals surface area contributed by atoms with Gasteiger partial charge in [-0.15, -0.1) is 0 Å². The minimum absolute atomic E-state index is 0.0334. The molecule has 0 aliphatic carbocycles. The molecular weight excluding hydrogens is 290 g/mol. The van der Waals surface area contributed by atoms with Crippen LogP contribution >= 0.6 is 0 Å². The lowest BCUT2D eigenvalue weighted by atomic mass is 10.2. The number of anilines is 1. The number of carbonyl (C=O) groups is 2. The lowest BCUT2D eigenvalue weighted by Gasteiger charge is -2.26. The summed E-state index contributed by atoms with van der Waals surface area (Å²) >= 11 is 0. The van der Waals surface area contributed by atoms with Gasteiger partial charge in [0.25, 0.3) is 11.5 Å². The lowest BCUT2D eigenvalue weighted by molar-refractivity contribution is -0.134. The second-order valence-corrected chi connectivity index (χ2v) is 5.09. The van der Waals surface area contributed by atoms with Gasteiger partial charge in [-0.3, -0.25) is 14.4 Å². The molecule has 2 amide bonds. The first-order valence-corrected chi connectivity index (χ1v) is 7.16. The van der Waals surface area contributed by atoms with Crippen LogP contribution in [0.2, 0.25) is 0 Å². The van der Waals surface area contributed by atoms with Crippen molar-refractivity contribution in [3.63, 3.8) is 0 Å². The number of aromatic amines is 1. The van der Waals surface area contributed by atoms with E-state index < -0.39 is 11.5 Å². The number of hydrogen-bond acceptors (Lipinski definition) is 6. The van der Waals surface area contributed by atoms with Crippen LogP contribution in [-0.2, 0) is 16.0 Å². The molecule has 0 bridgehead atoms. The first kappa shape index (κ1) is 14.5. The molecule has 0 saturated carbocycles. The third kappa shape index (κ3) is 2.93. The molecule has 3 rings (SSSR count). The lowest BCUT2D eigenvalue weighted by Crippen LogP contribution is -2.42. The number of rotatable bonds is 2. The van der Waals surface area contributed by atoms with E-state index in [2.05, 4.69) is 20.6 Å². The van der Waals surface area contributed by atoms with Crippen molar-refractivity contribution >= 4 is 17.5 Å². The quantitative estimate of drug-likeness (QED) is 0.601. The molecule has 0 unspecified atom stereocenters. The molecule has 9 nitrogen and oxygen atoms in total. The molecule has 0 atom stereocenters. The summed E-state index contributed by atoms with van der Waals surface area (Å²) in [5, 5.41) is 5.51. The molecule has 118 valence electrons. The van der Waals surface area contributed by atoms with Crippen molar-refractivity contribution in [1.29, 1.82) is 0 Å². The summed E-state index contributed by atoms with van der Waals surface area (Å²) in [5.74, 6) is -0.362. The normalized spacial score (nSPS) is 18.0. The van der Waals surface area contributed by atoms with E-state index in [0.29, 0.717) is 39.4 Å². The van der Waals surface area contributed by atoms with Gasteiger partial charge in [0, 0.05) is 26.2 Å². The summed E-state index contributed by atoms with van der Waals surface area (Å²) in [4.78, 5) is 44.5. The first-order chi connectivity index (χ1) is 10.6. The Morgan fingerprint density at radius 1 is 1.18 bits per heavy atom. The Hall–Kier alpha value is -2.42. The maximum atomic E-state index is 12.2. The van der Waals surface area contributed by atoms with Crippen LogP contribution < -0.4 is 16.2 Å². The molecule has 9 heteroatoms. The van der Waals surface area contributed by atoms with Gasteiger partial charge >= 0.3 is 0 Å². The number of fused-ring (bicyclic) bond motifs is 1. The van der Waals surface area contributed by atoms with E-state index in [1.165, 1.54) is 0 Å². The molecule has 1 aromatic heterocycles. The van der Waals surface area contributed by atoms with Crippen LogP contribution in [0, 0.1) is 0 Å². The Kier molecular flexibility index (Phi) is 4.05. The number of carbonyl (C=O) groups excluding carboxylic acids is 2. The van der Waals surface area contributed by atoms with Gasteiger partial charge in [-0.1, -0.05) is 0 Å². The van der Waals surface area contributed by atoms with Gasteiger partial charge < -0.3 is 25.3 Å². The molecule has 0 aromatic carbocycles. The van der Waals surface area contributed by atoms with Crippen LogP contribution in [0.25, 0.3) is 0 Å². The highest BCUT2D eigenvalue weighted by atomic mass is 16.5. The fourth-order valence-electron chi connectivity index (χ4n) is 2.45. The molecule has 3 N–H and O–H groups in total. The van der Waals surface area contributed by atoms with Crippen LogP contribution in [0.4, 0.5) is 5.69 Å². The molecule has 1 saturated heterocycles. The Balaban J connectivity index is 1.82. The van der Waals surface area contributed by atoms with E-state index in [0.717, 1.165) is 0 Å². The highest BCUT2D eigenvalue weighted by Crippen LogP contribution is 2.10. The first-order valence-electron chi connectivity index (χ1n) is 7.16. The Morgan fingerprint density at radius 2 is 1.91 bits per heavy atom. The molecular formula is C13H17N5O4. The number of nitrogens with one attached hydrogen (secondary N) is 3. The van der Waals surface area contributed by atoms with E-state index in [9.17, 15) is 14.4 Å². The molecule has 1 fully saturated rings. The maximum Gasteiger partial charge on any atom is 0.275 e. The monoisotopic (exact) mass is 307 g/mol. The van der Waals surface area contributed by atoms with Crippen molar-refractivity contribution in [2.45, 2.75) is 6.42 Å². The largest absolute Gasteiger partial charge is 0.378 e. The SMILES string of the molecule is O=C1NCCNc2c1nc(CC(=O)N1CCOCC1)[nH]c2=O. The van der Waals surface area contributed by atoms with Gasteiger partial charge in [0.05, 0.1) is 19.6 Å². The predicted octanol–water partition coefficient (Wildman–Crippen LogP) is -1.67. The Labute approximate surface area is 126 Å². The fourth-order valence-corrected chi connectivity index (χ4v) is 2.45. The van der Waals surface area contributed by atoms with Crippen LogP contribution in [-0.4, -0.2) is 66.1 Å². The van der Waals surface area contributed by atoms with E-state index in [-0.39, 0.29) is 29.5 Å². The van der Waals surface area contributed by atoms with Gasteiger partial charge in [-0.2, -0.15) is 0 Å². The fraction of sp³-hybridized carbons (Fsp3) is 0.538. The summed E-state index contributed by atoms with van der Waals surface area (Å²) in [6.45, 7) is 2.93. The number of morpholine rings is 1. The van der Waals surface area contributed by atoms with Crippen molar-refractivity contribution < 1.29 is 14.3 Å². The van der Waals surface area contributed by atoms with Crippen molar-refractivity contribution in [2.75, 3.05) is 44.7 Å². The van der Waals surface area contributed by atoms with Crippen LogP contribution in [0.3, 0.4) is 0 Å². The van der Waals surface area contributed by atoms with E-state index >= 15 is 0 Å². The highest BCUT2D eigenvalue weighted by molar-refractivity contribution is 5.98. The van der Waals surface area contributed by atoms with Crippen molar-refractivity contribution in [1.82, 2.24) is 20.2 Å². The molecule has 0 radical (unpaired) electrons. The van der Waals surface area contributed by atoms with Gasteiger partial charge in [0.2, 0.25) is 5.91 Å². The van der Waals surface area contributed by atoms with Crippen molar-refractivity contribution in [3.05, 3.63) is 21.9 Å². The summed E-state index contributed by atoms with van der Waals surface area (Å²) in [5.41, 5.74) is -0.254. The van der Waals surface area contributed by atoms with E-state index in [4.69, 9.17) is 4.74 Å². The van der Waals surface area contributed by atoms with Gasteiger partial charge in [-0.25, -0.2) is 4.98 Å². The molecule has 22 heavy (non-hydrogen) atoms.